The van der Waals surface area contributed by atoms with E-state index in [9.17, 15) is 14.0 Å². The molecule has 1 saturated heterocycles. The van der Waals surface area contributed by atoms with E-state index in [0.717, 1.165) is 44.1 Å². The van der Waals surface area contributed by atoms with Gasteiger partial charge in [0, 0.05) is 13.1 Å². The van der Waals surface area contributed by atoms with Crippen LogP contribution in [-0.4, -0.2) is 29.8 Å². The number of halogens is 1. The minimum atomic E-state index is -0.562. The van der Waals surface area contributed by atoms with Crippen LogP contribution in [0.15, 0.2) is 24.3 Å². The molecule has 124 valence electrons. The quantitative estimate of drug-likeness (QED) is 0.930. The van der Waals surface area contributed by atoms with Crippen molar-refractivity contribution in [2.75, 3.05) is 13.1 Å². The summed E-state index contributed by atoms with van der Waals surface area (Å²) >= 11 is 0. The number of hydrogen-bond acceptors (Lipinski definition) is 2. The van der Waals surface area contributed by atoms with E-state index in [1.54, 1.807) is 17.0 Å². The summed E-state index contributed by atoms with van der Waals surface area (Å²) in [6.07, 6.45) is 5.12. The number of nitrogens with zero attached hydrogens (tertiary/aromatic N) is 1. The lowest BCUT2D eigenvalue weighted by Gasteiger charge is -2.38. The Balaban J connectivity index is 1.87. The van der Waals surface area contributed by atoms with E-state index < -0.39 is 5.41 Å². The second kappa shape index (κ2) is 6.30. The molecule has 1 aliphatic heterocycles. The zero-order chi connectivity index (χ0) is 16.4. The van der Waals surface area contributed by atoms with Crippen LogP contribution in [0.2, 0.25) is 0 Å². The number of amides is 2. The number of nitrogens with two attached hydrogens (primary N) is 1. The van der Waals surface area contributed by atoms with Gasteiger partial charge in [-0.2, -0.15) is 0 Å². The standard InChI is InChI=1S/C18H23FN2O2/c19-15-7-5-14(6-8-15)18(9-1-2-10-18)17(23)21-11-3-4-13(12-21)16(20)22/h5-8,13H,1-4,9-12H2,(H2,20,22). The SMILES string of the molecule is NC(=O)C1CCCN(C(=O)C2(c3ccc(F)cc3)CCCC2)C1. The first-order valence-corrected chi connectivity index (χ1v) is 8.38. The third-order valence-corrected chi connectivity index (χ3v) is 5.37. The predicted molar refractivity (Wildman–Crippen MR) is 85.0 cm³/mol. The first-order chi connectivity index (χ1) is 11.0. The van der Waals surface area contributed by atoms with Gasteiger partial charge in [-0.3, -0.25) is 9.59 Å². The molecule has 2 aliphatic rings. The van der Waals surface area contributed by atoms with Gasteiger partial charge in [0.15, 0.2) is 0 Å². The Kier molecular flexibility index (Phi) is 4.37. The van der Waals surface area contributed by atoms with Crippen LogP contribution in [-0.2, 0) is 15.0 Å². The van der Waals surface area contributed by atoms with Crippen LogP contribution in [0.3, 0.4) is 0 Å². The van der Waals surface area contributed by atoms with Crippen LogP contribution in [0.4, 0.5) is 4.39 Å². The zero-order valence-corrected chi connectivity index (χ0v) is 13.3. The van der Waals surface area contributed by atoms with E-state index in [-0.39, 0.29) is 23.5 Å². The lowest BCUT2D eigenvalue weighted by atomic mass is 9.77. The van der Waals surface area contributed by atoms with Gasteiger partial charge in [0.2, 0.25) is 11.8 Å². The maximum absolute atomic E-state index is 13.3. The predicted octanol–water partition coefficient (Wildman–Crippen LogP) is 2.36. The molecule has 2 N–H and O–H groups in total. The molecule has 23 heavy (non-hydrogen) atoms. The molecule has 1 saturated carbocycles. The van der Waals surface area contributed by atoms with Crippen LogP contribution in [0.5, 0.6) is 0 Å². The molecular formula is C18H23FN2O2. The summed E-state index contributed by atoms with van der Waals surface area (Å²) in [7, 11) is 0. The number of rotatable bonds is 3. The van der Waals surface area contributed by atoms with Crippen molar-refractivity contribution >= 4 is 11.8 Å². The van der Waals surface area contributed by atoms with E-state index >= 15 is 0 Å². The van der Waals surface area contributed by atoms with Crippen molar-refractivity contribution in [3.05, 3.63) is 35.6 Å². The van der Waals surface area contributed by atoms with Gasteiger partial charge in [-0.05, 0) is 43.4 Å². The Morgan fingerprint density at radius 3 is 2.39 bits per heavy atom. The van der Waals surface area contributed by atoms with Crippen molar-refractivity contribution in [3.63, 3.8) is 0 Å². The minimum absolute atomic E-state index is 0.0764. The number of hydrogen-bond donors (Lipinski definition) is 1. The number of benzene rings is 1. The summed E-state index contributed by atoms with van der Waals surface area (Å²) in [5.74, 6) is -0.794. The molecule has 2 amide bonds. The average molecular weight is 318 g/mol. The smallest absolute Gasteiger partial charge is 0.233 e. The van der Waals surface area contributed by atoms with Gasteiger partial charge < -0.3 is 10.6 Å². The zero-order valence-electron chi connectivity index (χ0n) is 13.3. The average Bonchev–Trinajstić information content (AvgIpc) is 3.06. The van der Waals surface area contributed by atoms with E-state index in [2.05, 4.69) is 0 Å². The molecule has 1 unspecified atom stereocenters. The molecule has 1 atom stereocenters. The van der Waals surface area contributed by atoms with Crippen molar-refractivity contribution in [1.82, 2.24) is 4.90 Å². The number of carbonyl (C=O) groups excluding carboxylic acids is 2. The Hall–Kier alpha value is -1.91. The second-order valence-electron chi connectivity index (χ2n) is 6.79. The summed E-state index contributed by atoms with van der Waals surface area (Å²) < 4.78 is 13.2. The van der Waals surface area contributed by atoms with E-state index in [1.807, 2.05) is 0 Å². The van der Waals surface area contributed by atoms with Crippen LogP contribution in [0.25, 0.3) is 0 Å². The van der Waals surface area contributed by atoms with Crippen molar-refractivity contribution < 1.29 is 14.0 Å². The fourth-order valence-corrected chi connectivity index (χ4v) is 4.07. The molecule has 4 nitrogen and oxygen atoms in total. The van der Waals surface area contributed by atoms with Gasteiger partial charge in [-0.1, -0.05) is 25.0 Å². The summed E-state index contributed by atoms with van der Waals surface area (Å²) in [6.45, 7) is 1.09. The molecule has 3 rings (SSSR count). The first-order valence-electron chi connectivity index (χ1n) is 8.38. The highest BCUT2D eigenvalue weighted by Gasteiger charge is 2.45. The molecule has 1 heterocycles. The molecule has 5 heteroatoms. The molecule has 1 aromatic carbocycles. The Morgan fingerprint density at radius 2 is 1.78 bits per heavy atom. The number of primary amides is 1. The molecule has 0 bridgehead atoms. The lowest BCUT2D eigenvalue weighted by molar-refractivity contribution is -0.140. The normalized spacial score (nSPS) is 23.7. The summed E-state index contributed by atoms with van der Waals surface area (Å²) in [4.78, 5) is 26.5. The Labute approximate surface area is 135 Å². The van der Waals surface area contributed by atoms with Crippen molar-refractivity contribution in [2.24, 2.45) is 11.7 Å². The van der Waals surface area contributed by atoms with Crippen LogP contribution in [0, 0.1) is 11.7 Å². The highest BCUT2D eigenvalue weighted by atomic mass is 19.1. The maximum atomic E-state index is 13.3. The first kappa shape index (κ1) is 16.0. The van der Waals surface area contributed by atoms with Gasteiger partial charge in [0.1, 0.15) is 5.82 Å². The summed E-state index contributed by atoms with van der Waals surface area (Å²) in [5.41, 5.74) is 5.75. The van der Waals surface area contributed by atoms with Gasteiger partial charge in [0.25, 0.3) is 0 Å². The summed E-state index contributed by atoms with van der Waals surface area (Å²) in [6, 6.07) is 6.30. The largest absolute Gasteiger partial charge is 0.369 e. The van der Waals surface area contributed by atoms with E-state index in [1.165, 1.54) is 12.1 Å². The molecule has 0 spiro atoms. The fourth-order valence-electron chi connectivity index (χ4n) is 4.07. The Bertz CT molecular complexity index is 594. The van der Waals surface area contributed by atoms with Crippen molar-refractivity contribution in [2.45, 2.75) is 43.9 Å². The van der Waals surface area contributed by atoms with Crippen molar-refractivity contribution in [3.8, 4) is 0 Å². The third kappa shape index (κ3) is 2.96. The van der Waals surface area contributed by atoms with Gasteiger partial charge in [-0.25, -0.2) is 4.39 Å². The minimum Gasteiger partial charge on any atom is -0.369 e. The number of carbonyl (C=O) groups is 2. The van der Waals surface area contributed by atoms with Crippen LogP contribution < -0.4 is 5.73 Å². The molecule has 2 fully saturated rings. The molecule has 1 aromatic rings. The van der Waals surface area contributed by atoms with Gasteiger partial charge in [-0.15, -0.1) is 0 Å². The number of piperidine rings is 1. The van der Waals surface area contributed by atoms with Crippen LogP contribution in [0.1, 0.15) is 44.1 Å². The van der Waals surface area contributed by atoms with Crippen LogP contribution >= 0.6 is 0 Å². The highest BCUT2D eigenvalue weighted by Crippen LogP contribution is 2.43. The van der Waals surface area contributed by atoms with Crippen molar-refractivity contribution in [1.29, 1.82) is 0 Å². The molecule has 1 aliphatic carbocycles. The van der Waals surface area contributed by atoms with Gasteiger partial charge in [0.05, 0.1) is 11.3 Å². The third-order valence-electron chi connectivity index (χ3n) is 5.37. The maximum Gasteiger partial charge on any atom is 0.233 e. The fraction of sp³-hybridized carbons (Fsp3) is 0.556. The monoisotopic (exact) mass is 318 g/mol. The second-order valence-corrected chi connectivity index (χ2v) is 6.79. The lowest BCUT2D eigenvalue weighted by Crippen LogP contribution is -2.51. The van der Waals surface area contributed by atoms with Gasteiger partial charge >= 0.3 is 0 Å². The Morgan fingerprint density at radius 1 is 1.13 bits per heavy atom. The van der Waals surface area contributed by atoms with E-state index in [0.29, 0.717) is 13.1 Å². The van der Waals surface area contributed by atoms with E-state index in [4.69, 9.17) is 5.73 Å². The summed E-state index contributed by atoms with van der Waals surface area (Å²) in [5, 5.41) is 0. The number of likely N-dealkylation sites (tertiary alicyclic amines) is 1. The molecule has 0 aromatic heterocycles. The highest BCUT2D eigenvalue weighted by molar-refractivity contribution is 5.89. The topological polar surface area (TPSA) is 63.4 Å². The molecular weight excluding hydrogens is 295 g/mol. The molecule has 0 radical (unpaired) electrons.